The van der Waals surface area contributed by atoms with Crippen LogP contribution in [0.2, 0.25) is 0 Å². The van der Waals surface area contributed by atoms with Crippen LogP contribution in [-0.4, -0.2) is 29.1 Å². The van der Waals surface area contributed by atoms with Gasteiger partial charge in [0.25, 0.3) is 0 Å². The Labute approximate surface area is 252 Å². The summed E-state index contributed by atoms with van der Waals surface area (Å²) in [5.74, 6) is 0. The van der Waals surface area contributed by atoms with Gasteiger partial charge in [0.15, 0.2) is 0 Å². The minimum Gasteiger partial charge on any atom is -0.307 e. The van der Waals surface area contributed by atoms with Crippen molar-refractivity contribution in [2.24, 2.45) is 0 Å². The van der Waals surface area contributed by atoms with E-state index in [2.05, 4.69) is 88.0 Å². The Kier molecular flexibility index (Phi) is 5.40. The number of aromatic nitrogens is 6. The second-order valence-electron chi connectivity index (χ2n) is 10.8. The summed E-state index contributed by atoms with van der Waals surface area (Å²) >= 11 is 0. The molecule has 6 aromatic heterocycles. The second kappa shape index (κ2) is 9.71. The molecule has 0 radical (unpaired) electrons. The molecule has 0 fully saturated rings. The van der Waals surface area contributed by atoms with Gasteiger partial charge in [-0.25, -0.2) is 0 Å². The van der Waals surface area contributed by atoms with E-state index in [4.69, 9.17) is 19.9 Å². The molecule has 9 rings (SSSR count). The molecule has 0 unspecified atom stereocenters. The molecule has 9 aromatic rings. The number of hydrogen-bond acceptors (Lipinski definition) is 4. The minimum absolute atomic E-state index is 0.857. The summed E-state index contributed by atoms with van der Waals surface area (Å²) in [4.78, 5) is 19.4. The highest BCUT2D eigenvalue weighted by molar-refractivity contribution is 6.21. The van der Waals surface area contributed by atoms with Gasteiger partial charge >= 0.3 is 0 Å². The number of rotatable bonds is 4. The van der Waals surface area contributed by atoms with Crippen molar-refractivity contribution in [3.8, 4) is 33.9 Å². The van der Waals surface area contributed by atoms with Crippen molar-refractivity contribution in [2.45, 2.75) is 0 Å². The van der Waals surface area contributed by atoms with E-state index < -0.39 is 0 Å². The monoisotopic (exact) mass is 564 g/mol. The number of benzene rings is 3. The Morgan fingerprint density at radius 3 is 1.77 bits per heavy atom. The maximum absolute atomic E-state index is 5.08. The number of pyridine rings is 4. The maximum Gasteiger partial charge on any atom is 0.117 e. The first-order valence-corrected chi connectivity index (χ1v) is 14.6. The van der Waals surface area contributed by atoms with E-state index in [-0.39, 0.29) is 0 Å². The van der Waals surface area contributed by atoms with Gasteiger partial charge in [-0.3, -0.25) is 19.9 Å². The largest absolute Gasteiger partial charge is 0.307 e. The van der Waals surface area contributed by atoms with E-state index in [1.165, 1.54) is 0 Å². The zero-order valence-corrected chi connectivity index (χ0v) is 23.5. The van der Waals surface area contributed by atoms with E-state index in [9.17, 15) is 0 Å². The average Bonchev–Trinajstić information content (AvgIpc) is 3.62. The summed E-state index contributed by atoms with van der Waals surface area (Å²) in [6, 6.07) is 41.8. The van der Waals surface area contributed by atoms with Gasteiger partial charge in [0, 0.05) is 58.1 Å². The van der Waals surface area contributed by atoms with Crippen molar-refractivity contribution in [3.05, 3.63) is 146 Å². The fourth-order valence-electron chi connectivity index (χ4n) is 6.41. The van der Waals surface area contributed by atoms with Crippen LogP contribution in [0.25, 0.3) is 77.8 Å². The molecular formula is C38H24N6. The van der Waals surface area contributed by atoms with Crippen LogP contribution in [0, 0.1) is 0 Å². The van der Waals surface area contributed by atoms with E-state index in [1.54, 1.807) is 0 Å². The van der Waals surface area contributed by atoms with E-state index in [0.717, 1.165) is 77.8 Å². The SMILES string of the molecule is c1ccc(-n2c3ccccc3c3cnc4c5ncccc5n(-c5cc(-c6ccccn6)cc(-c6ccccn6)c5)c4c32)cc1. The molecule has 0 spiro atoms. The van der Waals surface area contributed by atoms with E-state index >= 15 is 0 Å². The lowest BCUT2D eigenvalue weighted by Gasteiger charge is -2.14. The third-order valence-electron chi connectivity index (χ3n) is 8.27. The van der Waals surface area contributed by atoms with Crippen LogP contribution >= 0.6 is 0 Å². The van der Waals surface area contributed by atoms with Gasteiger partial charge in [-0.05, 0) is 72.8 Å². The molecule has 6 heteroatoms. The summed E-state index contributed by atoms with van der Waals surface area (Å²) in [6.07, 6.45) is 7.51. The van der Waals surface area contributed by atoms with Crippen LogP contribution in [0.3, 0.4) is 0 Å². The summed E-state index contributed by atoms with van der Waals surface area (Å²) in [5.41, 5.74) is 11.8. The molecule has 0 saturated carbocycles. The van der Waals surface area contributed by atoms with E-state index in [0.29, 0.717) is 0 Å². The lowest BCUT2D eigenvalue weighted by Crippen LogP contribution is -2.00. The number of hydrogen-bond donors (Lipinski definition) is 0. The fraction of sp³-hybridized carbons (Fsp3) is 0. The first-order valence-electron chi connectivity index (χ1n) is 14.6. The molecule has 0 aliphatic heterocycles. The van der Waals surface area contributed by atoms with Crippen LogP contribution in [0.1, 0.15) is 0 Å². The highest BCUT2D eigenvalue weighted by atomic mass is 15.1. The molecule has 6 nitrogen and oxygen atoms in total. The Morgan fingerprint density at radius 2 is 1.05 bits per heavy atom. The summed E-state index contributed by atoms with van der Waals surface area (Å²) in [7, 11) is 0. The van der Waals surface area contributed by atoms with Gasteiger partial charge in [-0.2, -0.15) is 0 Å². The molecule has 3 aromatic carbocycles. The quantitative estimate of drug-likeness (QED) is 0.214. The van der Waals surface area contributed by atoms with Gasteiger partial charge in [-0.1, -0.05) is 48.5 Å². The van der Waals surface area contributed by atoms with Crippen LogP contribution in [0.15, 0.2) is 146 Å². The van der Waals surface area contributed by atoms with Crippen molar-refractivity contribution in [1.82, 2.24) is 29.1 Å². The topological polar surface area (TPSA) is 61.4 Å². The third kappa shape index (κ3) is 3.68. The van der Waals surface area contributed by atoms with Gasteiger partial charge in [0.2, 0.25) is 0 Å². The van der Waals surface area contributed by atoms with Crippen molar-refractivity contribution >= 4 is 43.9 Å². The fourth-order valence-corrected chi connectivity index (χ4v) is 6.41. The number of fused-ring (bicyclic) bond motifs is 7. The van der Waals surface area contributed by atoms with Gasteiger partial charge in [0.1, 0.15) is 11.0 Å². The third-order valence-corrected chi connectivity index (χ3v) is 8.27. The van der Waals surface area contributed by atoms with Crippen molar-refractivity contribution in [1.29, 1.82) is 0 Å². The molecule has 0 aliphatic carbocycles. The zero-order valence-electron chi connectivity index (χ0n) is 23.5. The Bertz CT molecular complexity index is 2420. The standard InChI is InChI=1S/C38H24N6/c1-2-11-27(12-3-1)43-33-16-5-4-13-29(33)30-24-42-36-35-34(17-10-20-41-35)44(38(36)37(30)43)28-22-25(31-14-6-8-18-39-31)21-26(23-28)32-15-7-9-19-40-32/h1-24H. The zero-order chi connectivity index (χ0) is 29.0. The Balaban J connectivity index is 1.48. The maximum atomic E-state index is 5.08. The minimum atomic E-state index is 0.857. The predicted octanol–water partition coefficient (Wildman–Crippen LogP) is 8.79. The van der Waals surface area contributed by atoms with Crippen molar-refractivity contribution < 1.29 is 0 Å². The molecule has 0 atom stereocenters. The number of para-hydroxylation sites is 2. The molecule has 0 aliphatic rings. The van der Waals surface area contributed by atoms with Crippen LogP contribution < -0.4 is 0 Å². The normalized spacial score (nSPS) is 11.6. The summed E-state index contributed by atoms with van der Waals surface area (Å²) < 4.78 is 4.66. The molecular weight excluding hydrogens is 540 g/mol. The van der Waals surface area contributed by atoms with E-state index in [1.807, 2.05) is 67.3 Å². The van der Waals surface area contributed by atoms with Gasteiger partial charge in [0.05, 0.1) is 33.5 Å². The summed E-state index contributed by atoms with van der Waals surface area (Å²) in [6.45, 7) is 0. The number of nitrogens with zero attached hydrogens (tertiary/aromatic N) is 6. The second-order valence-corrected chi connectivity index (χ2v) is 10.8. The molecule has 44 heavy (non-hydrogen) atoms. The lowest BCUT2D eigenvalue weighted by molar-refractivity contribution is 1.14. The first kappa shape index (κ1) is 24.5. The highest BCUT2D eigenvalue weighted by Crippen LogP contribution is 2.41. The average molecular weight is 565 g/mol. The summed E-state index contributed by atoms with van der Waals surface area (Å²) in [5, 5.41) is 2.24. The Hall–Kier alpha value is -6.14. The van der Waals surface area contributed by atoms with Crippen LogP contribution in [-0.2, 0) is 0 Å². The van der Waals surface area contributed by atoms with Crippen molar-refractivity contribution in [2.75, 3.05) is 0 Å². The molecule has 0 bridgehead atoms. The smallest absolute Gasteiger partial charge is 0.117 e. The molecule has 0 saturated heterocycles. The molecule has 206 valence electrons. The predicted molar refractivity (Wildman–Crippen MR) is 177 cm³/mol. The Morgan fingerprint density at radius 1 is 0.409 bits per heavy atom. The highest BCUT2D eigenvalue weighted by Gasteiger charge is 2.23. The lowest BCUT2D eigenvalue weighted by atomic mass is 10.0. The van der Waals surface area contributed by atoms with Crippen LogP contribution in [0.4, 0.5) is 0 Å². The molecule has 6 heterocycles. The molecule has 0 amide bonds. The van der Waals surface area contributed by atoms with Crippen molar-refractivity contribution in [3.63, 3.8) is 0 Å². The van der Waals surface area contributed by atoms with Gasteiger partial charge < -0.3 is 9.13 Å². The van der Waals surface area contributed by atoms with Gasteiger partial charge in [-0.15, -0.1) is 0 Å². The molecule has 0 N–H and O–H groups in total. The first-order chi connectivity index (χ1) is 21.8. The van der Waals surface area contributed by atoms with Crippen LogP contribution in [0.5, 0.6) is 0 Å².